The van der Waals surface area contributed by atoms with Gasteiger partial charge in [0.2, 0.25) is 11.8 Å². The molecule has 182 valence electrons. The molecule has 1 aliphatic rings. The van der Waals surface area contributed by atoms with E-state index >= 15 is 0 Å². The topological polar surface area (TPSA) is 96.5 Å². The van der Waals surface area contributed by atoms with Crippen LogP contribution in [0.15, 0.2) is 42.5 Å². The number of hydrogen-bond acceptors (Lipinski definition) is 4. The first-order chi connectivity index (χ1) is 16.1. The van der Waals surface area contributed by atoms with Gasteiger partial charge < -0.3 is 20.7 Å². The summed E-state index contributed by atoms with van der Waals surface area (Å²) in [6.45, 7) is 6.73. The highest BCUT2D eigenvalue weighted by molar-refractivity contribution is 5.99. The number of rotatable bonds is 8. The van der Waals surface area contributed by atoms with Gasteiger partial charge in [0.1, 0.15) is 11.9 Å². The average molecular weight is 470 g/mol. The average Bonchev–Trinajstić information content (AvgIpc) is 3.20. The van der Waals surface area contributed by atoms with Crippen LogP contribution in [-0.4, -0.2) is 31.4 Å². The zero-order valence-corrected chi connectivity index (χ0v) is 20.0. The molecule has 2 atom stereocenters. The number of hydrogen-bond donors (Lipinski definition) is 3. The van der Waals surface area contributed by atoms with Crippen molar-refractivity contribution < 1.29 is 23.5 Å². The highest BCUT2D eigenvalue weighted by Gasteiger charge is 2.31. The number of methoxy groups -OCH3 is 1. The highest BCUT2D eigenvalue weighted by Crippen LogP contribution is 2.25. The number of carbonyl (C=O) groups excluding carboxylic acids is 3. The second-order valence-electron chi connectivity index (χ2n) is 9.85. The maximum absolute atomic E-state index is 14.7. The summed E-state index contributed by atoms with van der Waals surface area (Å²) >= 11 is 0. The summed E-state index contributed by atoms with van der Waals surface area (Å²) in [5.41, 5.74) is 2.27. The Labute approximate surface area is 199 Å². The van der Waals surface area contributed by atoms with Gasteiger partial charge in [-0.05, 0) is 40.7 Å². The van der Waals surface area contributed by atoms with Crippen LogP contribution in [0.5, 0.6) is 0 Å². The van der Waals surface area contributed by atoms with E-state index in [1.165, 1.54) is 6.07 Å². The quantitative estimate of drug-likeness (QED) is 0.551. The predicted molar refractivity (Wildman–Crippen MR) is 127 cm³/mol. The van der Waals surface area contributed by atoms with E-state index in [4.69, 9.17) is 4.74 Å². The third-order valence-electron chi connectivity index (χ3n) is 5.56. The lowest BCUT2D eigenvalue weighted by atomic mass is 9.88. The van der Waals surface area contributed by atoms with Crippen molar-refractivity contribution in [1.29, 1.82) is 0 Å². The van der Waals surface area contributed by atoms with Gasteiger partial charge in [-0.15, -0.1) is 0 Å². The fourth-order valence-corrected chi connectivity index (χ4v) is 3.88. The van der Waals surface area contributed by atoms with Crippen molar-refractivity contribution in [2.24, 2.45) is 11.3 Å². The molecule has 1 aliphatic heterocycles. The lowest BCUT2D eigenvalue weighted by Gasteiger charge is -2.21. The Morgan fingerprint density at radius 3 is 2.44 bits per heavy atom. The van der Waals surface area contributed by atoms with Crippen molar-refractivity contribution in [2.45, 2.75) is 46.3 Å². The van der Waals surface area contributed by atoms with Crippen molar-refractivity contribution in [2.75, 3.05) is 19.0 Å². The second-order valence-corrected chi connectivity index (χ2v) is 9.85. The van der Waals surface area contributed by atoms with Crippen LogP contribution in [0.1, 0.15) is 49.9 Å². The van der Waals surface area contributed by atoms with E-state index in [1.807, 2.05) is 32.9 Å². The zero-order chi connectivity index (χ0) is 24.9. The first kappa shape index (κ1) is 25.4. The fraction of sp³-hybridized carbons (Fsp3) is 0.423. The van der Waals surface area contributed by atoms with Crippen LogP contribution in [0.4, 0.5) is 10.1 Å². The van der Waals surface area contributed by atoms with E-state index in [-0.39, 0.29) is 24.3 Å². The number of nitrogens with one attached hydrogen (secondary N) is 3. The molecular formula is C26H32FN3O4. The monoisotopic (exact) mass is 469 g/mol. The van der Waals surface area contributed by atoms with Crippen LogP contribution in [-0.2, 0) is 32.1 Å². The van der Waals surface area contributed by atoms with Gasteiger partial charge in [-0.2, -0.15) is 0 Å². The maximum Gasteiger partial charge on any atom is 0.251 e. The van der Waals surface area contributed by atoms with Gasteiger partial charge in [0.05, 0.1) is 12.5 Å². The standard InChI is InChI=1S/C26H32FN3O4/c1-26(2,3)13-18-9-10-20(12-21(18)27)29-25(33)23(17-7-5-16(6-8-17)15-34-4)30-24(32)19-11-22(31)28-14-19/h5-10,12,19,23H,11,13-15H2,1-4H3,(H,28,31)(H,29,33)(H,30,32)/t19?,23-/m1/s1. The normalized spacial score (nSPS) is 16.6. The molecule has 0 aromatic heterocycles. The van der Waals surface area contributed by atoms with Crippen LogP contribution < -0.4 is 16.0 Å². The number of halogens is 1. The number of anilines is 1. The van der Waals surface area contributed by atoms with Gasteiger partial charge >= 0.3 is 0 Å². The van der Waals surface area contributed by atoms with Gasteiger partial charge in [-0.25, -0.2) is 4.39 Å². The summed E-state index contributed by atoms with van der Waals surface area (Å²) in [4.78, 5) is 37.5. The van der Waals surface area contributed by atoms with E-state index in [0.29, 0.717) is 29.8 Å². The lowest BCUT2D eigenvalue weighted by Crippen LogP contribution is -2.40. The third-order valence-corrected chi connectivity index (χ3v) is 5.56. The molecule has 7 nitrogen and oxygen atoms in total. The Balaban J connectivity index is 1.80. The number of ether oxygens (including phenoxy) is 1. The van der Waals surface area contributed by atoms with E-state index in [9.17, 15) is 18.8 Å². The van der Waals surface area contributed by atoms with Gasteiger partial charge in [0.15, 0.2) is 0 Å². The Kier molecular flexibility index (Phi) is 8.04. The van der Waals surface area contributed by atoms with Crippen LogP contribution in [0.25, 0.3) is 0 Å². The molecular weight excluding hydrogens is 437 g/mol. The minimum Gasteiger partial charge on any atom is -0.380 e. The number of amides is 3. The van der Waals surface area contributed by atoms with Crippen LogP contribution in [0, 0.1) is 17.2 Å². The molecule has 34 heavy (non-hydrogen) atoms. The molecule has 3 rings (SSSR count). The Hall–Kier alpha value is -3.26. The van der Waals surface area contributed by atoms with Crippen LogP contribution in [0.2, 0.25) is 0 Å². The maximum atomic E-state index is 14.7. The molecule has 2 aromatic carbocycles. The van der Waals surface area contributed by atoms with Crippen molar-refractivity contribution in [3.05, 3.63) is 65.0 Å². The van der Waals surface area contributed by atoms with Crippen molar-refractivity contribution >= 4 is 23.4 Å². The first-order valence-electron chi connectivity index (χ1n) is 11.3. The minimum absolute atomic E-state index is 0.0768. The van der Waals surface area contributed by atoms with E-state index in [2.05, 4.69) is 16.0 Å². The van der Waals surface area contributed by atoms with Crippen molar-refractivity contribution in [3.8, 4) is 0 Å². The smallest absolute Gasteiger partial charge is 0.251 e. The minimum atomic E-state index is -1.02. The molecule has 1 heterocycles. The Bertz CT molecular complexity index is 1050. The SMILES string of the molecule is COCc1ccc([C@@H](NC(=O)C2CNC(=O)C2)C(=O)Nc2ccc(CC(C)(C)C)c(F)c2)cc1. The van der Waals surface area contributed by atoms with E-state index < -0.39 is 29.6 Å². The third kappa shape index (κ3) is 6.87. The zero-order valence-electron chi connectivity index (χ0n) is 20.0. The number of carbonyl (C=O) groups is 3. The van der Waals surface area contributed by atoms with Gasteiger partial charge in [0, 0.05) is 25.8 Å². The molecule has 1 unspecified atom stereocenters. The van der Waals surface area contributed by atoms with E-state index in [1.54, 1.807) is 31.4 Å². The molecule has 0 spiro atoms. The predicted octanol–water partition coefficient (Wildman–Crippen LogP) is 3.49. The largest absolute Gasteiger partial charge is 0.380 e. The molecule has 2 aromatic rings. The molecule has 1 fully saturated rings. The summed E-state index contributed by atoms with van der Waals surface area (Å²) in [6, 6.07) is 10.7. The molecule has 3 amide bonds. The molecule has 8 heteroatoms. The van der Waals surface area contributed by atoms with Crippen molar-refractivity contribution in [3.63, 3.8) is 0 Å². The highest BCUT2D eigenvalue weighted by atomic mass is 19.1. The van der Waals surface area contributed by atoms with Crippen LogP contribution in [0.3, 0.4) is 0 Å². The fourth-order valence-electron chi connectivity index (χ4n) is 3.88. The van der Waals surface area contributed by atoms with Gasteiger partial charge in [0.25, 0.3) is 5.91 Å². The molecule has 0 radical (unpaired) electrons. The van der Waals surface area contributed by atoms with E-state index in [0.717, 1.165) is 5.56 Å². The molecule has 0 aliphatic carbocycles. The van der Waals surface area contributed by atoms with Crippen LogP contribution >= 0.6 is 0 Å². The summed E-state index contributed by atoms with van der Waals surface area (Å²) in [6.07, 6.45) is 0.640. The Morgan fingerprint density at radius 2 is 1.88 bits per heavy atom. The van der Waals surface area contributed by atoms with Crippen molar-refractivity contribution in [1.82, 2.24) is 10.6 Å². The summed E-state index contributed by atoms with van der Waals surface area (Å²) < 4.78 is 19.8. The summed E-state index contributed by atoms with van der Waals surface area (Å²) in [5.74, 6) is -2.05. The van der Waals surface area contributed by atoms with Gasteiger partial charge in [-0.3, -0.25) is 14.4 Å². The molecule has 1 saturated heterocycles. The summed E-state index contributed by atoms with van der Waals surface area (Å²) in [7, 11) is 1.59. The molecule has 0 bridgehead atoms. The summed E-state index contributed by atoms with van der Waals surface area (Å²) in [5, 5.41) is 8.10. The Morgan fingerprint density at radius 1 is 1.18 bits per heavy atom. The van der Waals surface area contributed by atoms with Gasteiger partial charge in [-0.1, -0.05) is 51.1 Å². The second kappa shape index (κ2) is 10.8. The lowest BCUT2D eigenvalue weighted by molar-refractivity contribution is -0.129. The number of benzene rings is 2. The molecule has 0 saturated carbocycles. The first-order valence-corrected chi connectivity index (χ1v) is 11.3. The molecule has 3 N–H and O–H groups in total.